The molecule has 106 valence electrons. The highest BCUT2D eigenvalue weighted by Gasteiger charge is 1.95. The van der Waals surface area contributed by atoms with Crippen LogP contribution in [0.4, 0.5) is 0 Å². The Morgan fingerprint density at radius 1 is 1.32 bits per heavy atom. The summed E-state index contributed by atoms with van der Waals surface area (Å²) in [5, 5.41) is 13.7. The molecule has 0 bridgehead atoms. The third kappa shape index (κ3) is 8.42. The molecule has 0 saturated carbocycles. The molecule has 0 unspecified atom stereocenters. The van der Waals surface area contributed by atoms with Crippen LogP contribution in [0.3, 0.4) is 0 Å². The first-order chi connectivity index (χ1) is 8.86. The normalized spacial score (nSPS) is 10.4. The maximum atomic E-state index is 5.19. The molecule has 1 rings (SSSR count). The summed E-state index contributed by atoms with van der Waals surface area (Å²) >= 11 is 0. The fourth-order valence-electron chi connectivity index (χ4n) is 1.41. The molecule has 6 nitrogen and oxygen atoms in total. The van der Waals surface area contributed by atoms with E-state index in [0.29, 0.717) is 6.54 Å². The van der Waals surface area contributed by atoms with Crippen molar-refractivity contribution in [2.75, 3.05) is 19.6 Å². The molecule has 0 radical (unpaired) electrons. The number of aryl methyl sites for hydroxylation is 1. The monoisotopic (exact) mass is 376 g/mol. The summed E-state index contributed by atoms with van der Waals surface area (Å²) in [6, 6.07) is 0. The van der Waals surface area contributed by atoms with Crippen LogP contribution in [0.25, 0.3) is 0 Å². The second kappa shape index (κ2) is 11.8. The average molecular weight is 376 g/mol. The molecule has 1 heterocycles. The third-order valence-electron chi connectivity index (χ3n) is 2.26. The summed E-state index contributed by atoms with van der Waals surface area (Å²) in [5.41, 5.74) is 0. The Labute approximate surface area is 131 Å². The number of terminal acetylenes is 1. The van der Waals surface area contributed by atoms with E-state index in [1.165, 1.54) is 0 Å². The summed E-state index contributed by atoms with van der Waals surface area (Å²) in [4.78, 5) is 4.43. The smallest absolute Gasteiger partial charge is 0.192 e. The lowest BCUT2D eigenvalue weighted by atomic mass is 10.3. The standard InChI is InChI=1S/C12H20N6.HI/c1-3-7-14-12(13-4-2)15-8-5-6-9-18-10-16-17-11-18;/h1,10-11H,4-9H2,2H3,(H2,13,14,15);1H. The number of hydrogen-bond donors (Lipinski definition) is 2. The van der Waals surface area contributed by atoms with Crippen molar-refractivity contribution in [1.82, 2.24) is 25.4 Å². The van der Waals surface area contributed by atoms with Crippen molar-refractivity contribution < 1.29 is 0 Å². The zero-order valence-electron chi connectivity index (χ0n) is 11.2. The second-order valence-electron chi connectivity index (χ2n) is 3.73. The molecular weight excluding hydrogens is 355 g/mol. The number of nitrogens with one attached hydrogen (secondary N) is 2. The number of rotatable bonds is 7. The molecule has 19 heavy (non-hydrogen) atoms. The van der Waals surface area contributed by atoms with E-state index in [-0.39, 0.29) is 24.0 Å². The summed E-state index contributed by atoms with van der Waals surface area (Å²) in [5.74, 6) is 3.31. The highest BCUT2D eigenvalue weighted by atomic mass is 127. The molecule has 0 aliphatic rings. The van der Waals surface area contributed by atoms with Gasteiger partial charge in [0.2, 0.25) is 0 Å². The first kappa shape index (κ1) is 17.7. The van der Waals surface area contributed by atoms with Gasteiger partial charge in [-0.05, 0) is 19.8 Å². The number of nitrogens with zero attached hydrogens (tertiary/aromatic N) is 4. The van der Waals surface area contributed by atoms with Crippen molar-refractivity contribution in [2.24, 2.45) is 4.99 Å². The molecule has 2 N–H and O–H groups in total. The minimum atomic E-state index is 0. The maximum absolute atomic E-state index is 5.19. The molecular formula is C12H21IN6. The predicted molar refractivity (Wildman–Crippen MR) is 87.5 cm³/mol. The molecule has 0 spiro atoms. The van der Waals surface area contributed by atoms with E-state index >= 15 is 0 Å². The van der Waals surface area contributed by atoms with Gasteiger partial charge in [0.25, 0.3) is 0 Å². The molecule has 0 aromatic carbocycles. The van der Waals surface area contributed by atoms with Gasteiger partial charge in [0.05, 0.1) is 6.54 Å². The van der Waals surface area contributed by atoms with Crippen molar-refractivity contribution in [3.05, 3.63) is 12.7 Å². The van der Waals surface area contributed by atoms with E-state index in [2.05, 4.69) is 31.7 Å². The molecule has 0 aliphatic heterocycles. The van der Waals surface area contributed by atoms with Crippen LogP contribution in [0.2, 0.25) is 0 Å². The van der Waals surface area contributed by atoms with Gasteiger partial charge in [-0.15, -0.1) is 40.6 Å². The third-order valence-corrected chi connectivity index (χ3v) is 2.26. The van der Waals surface area contributed by atoms with Crippen molar-refractivity contribution in [1.29, 1.82) is 0 Å². The van der Waals surface area contributed by atoms with Crippen LogP contribution in [0.1, 0.15) is 19.8 Å². The summed E-state index contributed by atoms with van der Waals surface area (Å²) in [6.45, 7) is 5.06. The molecule has 1 aromatic heterocycles. The number of hydrogen-bond acceptors (Lipinski definition) is 3. The van der Waals surface area contributed by atoms with E-state index in [0.717, 1.165) is 38.4 Å². The van der Waals surface area contributed by atoms with E-state index < -0.39 is 0 Å². The van der Waals surface area contributed by atoms with Crippen molar-refractivity contribution in [3.8, 4) is 12.3 Å². The average Bonchev–Trinajstić information content (AvgIpc) is 2.88. The Kier molecular flexibility index (Phi) is 11.0. The minimum Gasteiger partial charge on any atom is -0.357 e. The van der Waals surface area contributed by atoms with Gasteiger partial charge in [-0.3, -0.25) is 4.99 Å². The summed E-state index contributed by atoms with van der Waals surface area (Å²) in [6.07, 6.45) is 10.7. The van der Waals surface area contributed by atoms with Gasteiger partial charge in [-0.2, -0.15) is 0 Å². The Hall–Kier alpha value is -1.30. The van der Waals surface area contributed by atoms with Crippen LogP contribution in [-0.2, 0) is 6.54 Å². The summed E-state index contributed by atoms with van der Waals surface area (Å²) < 4.78 is 1.96. The first-order valence-electron chi connectivity index (χ1n) is 6.15. The predicted octanol–water partition coefficient (Wildman–Crippen LogP) is 0.865. The Balaban J connectivity index is 0.00000324. The second-order valence-corrected chi connectivity index (χ2v) is 3.73. The molecule has 0 amide bonds. The van der Waals surface area contributed by atoms with Gasteiger partial charge in [-0.1, -0.05) is 5.92 Å². The van der Waals surface area contributed by atoms with E-state index in [4.69, 9.17) is 6.42 Å². The Morgan fingerprint density at radius 2 is 2.05 bits per heavy atom. The van der Waals surface area contributed by atoms with E-state index in [9.17, 15) is 0 Å². The lowest BCUT2D eigenvalue weighted by molar-refractivity contribution is 0.612. The van der Waals surface area contributed by atoms with Crippen LogP contribution in [0.15, 0.2) is 17.6 Å². The molecule has 7 heteroatoms. The summed E-state index contributed by atoms with van der Waals surface area (Å²) in [7, 11) is 0. The zero-order valence-corrected chi connectivity index (χ0v) is 13.5. The lowest BCUT2D eigenvalue weighted by Gasteiger charge is -2.08. The molecule has 0 saturated heterocycles. The van der Waals surface area contributed by atoms with Crippen molar-refractivity contribution >= 4 is 29.9 Å². The van der Waals surface area contributed by atoms with Gasteiger partial charge in [0.1, 0.15) is 12.7 Å². The minimum absolute atomic E-state index is 0. The SMILES string of the molecule is C#CCNC(=NCCCCn1cnnc1)NCC.I. The number of guanidine groups is 1. The Bertz CT molecular complexity index is 381. The topological polar surface area (TPSA) is 67.1 Å². The van der Waals surface area contributed by atoms with Crippen molar-refractivity contribution in [3.63, 3.8) is 0 Å². The lowest BCUT2D eigenvalue weighted by Crippen LogP contribution is -2.37. The van der Waals surface area contributed by atoms with Gasteiger partial charge in [-0.25, -0.2) is 0 Å². The molecule has 0 atom stereocenters. The fraction of sp³-hybridized carbons (Fsp3) is 0.583. The number of aromatic nitrogens is 3. The van der Waals surface area contributed by atoms with Crippen LogP contribution < -0.4 is 10.6 Å². The Morgan fingerprint density at radius 3 is 2.68 bits per heavy atom. The maximum Gasteiger partial charge on any atom is 0.192 e. The van der Waals surface area contributed by atoms with Gasteiger partial charge in [0.15, 0.2) is 5.96 Å². The van der Waals surface area contributed by atoms with Gasteiger partial charge < -0.3 is 15.2 Å². The quantitative estimate of drug-likeness (QED) is 0.244. The van der Waals surface area contributed by atoms with Gasteiger partial charge in [0, 0.05) is 19.6 Å². The number of aliphatic imine (C=N–C) groups is 1. The largest absolute Gasteiger partial charge is 0.357 e. The number of halogens is 1. The highest BCUT2D eigenvalue weighted by molar-refractivity contribution is 14.0. The molecule has 1 aromatic rings. The molecule has 0 fully saturated rings. The van der Waals surface area contributed by atoms with Crippen LogP contribution in [-0.4, -0.2) is 40.4 Å². The van der Waals surface area contributed by atoms with Crippen molar-refractivity contribution in [2.45, 2.75) is 26.3 Å². The number of unbranched alkanes of at least 4 members (excludes halogenated alkanes) is 1. The van der Waals surface area contributed by atoms with Gasteiger partial charge >= 0.3 is 0 Å². The van der Waals surface area contributed by atoms with E-state index in [1.54, 1.807) is 12.7 Å². The van der Waals surface area contributed by atoms with Crippen LogP contribution in [0.5, 0.6) is 0 Å². The molecule has 0 aliphatic carbocycles. The zero-order chi connectivity index (χ0) is 13.1. The fourth-order valence-corrected chi connectivity index (χ4v) is 1.41. The van der Waals surface area contributed by atoms with E-state index in [1.807, 2.05) is 11.5 Å². The first-order valence-corrected chi connectivity index (χ1v) is 6.15. The highest BCUT2D eigenvalue weighted by Crippen LogP contribution is 1.94. The van der Waals surface area contributed by atoms with Crippen LogP contribution >= 0.6 is 24.0 Å². The van der Waals surface area contributed by atoms with Crippen LogP contribution in [0, 0.1) is 12.3 Å².